The van der Waals surface area contributed by atoms with E-state index in [1.54, 1.807) is 18.2 Å². The molecule has 1 aliphatic heterocycles. The average Bonchev–Trinajstić information content (AvgIpc) is 2.77. The van der Waals surface area contributed by atoms with Crippen molar-refractivity contribution in [1.29, 1.82) is 0 Å². The van der Waals surface area contributed by atoms with E-state index >= 15 is 0 Å². The molecule has 0 bridgehead atoms. The van der Waals surface area contributed by atoms with Gasteiger partial charge in [-0.2, -0.15) is 0 Å². The standard InChI is InChI=1S/C24H32Cl2N2O4/c1-17-3-2-4-22(11-17)31-15-20(29)13-27-19-7-9-28(10-8-19)14-21(30)16-32-24-6-5-18(25)12-23(24)26/h2-6,11-12,19-21,27,29-30H,7-10,13-16H2,1H3/t20-,21-/m1/s1. The van der Waals surface area contributed by atoms with E-state index in [4.69, 9.17) is 32.7 Å². The fourth-order valence-electron chi connectivity index (χ4n) is 3.71. The third-order valence-electron chi connectivity index (χ3n) is 5.46. The number of nitrogens with one attached hydrogen (secondary N) is 1. The molecular formula is C24H32Cl2N2O4. The molecule has 8 heteroatoms. The molecule has 0 aliphatic carbocycles. The number of β-amino-alcohol motifs (C(OH)–C–C–N with tert-alkyl or cyclic N) is 1. The number of aliphatic hydroxyl groups excluding tert-OH is 2. The van der Waals surface area contributed by atoms with Gasteiger partial charge in [-0.1, -0.05) is 35.3 Å². The van der Waals surface area contributed by atoms with Crippen molar-refractivity contribution in [1.82, 2.24) is 10.2 Å². The first kappa shape index (κ1) is 25.1. The third-order valence-corrected chi connectivity index (χ3v) is 5.99. The van der Waals surface area contributed by atoms with E-state index in [-0.39, 0.29) is 13.2 Å². The van der Waals surface area contributed by atoms with Crippen molar-refractivity contribution in [3.63, 3.8) is 0 Å². The maximum absolute atomic E-state index is 10.3. The highest BCUT2D eigenvalue weighted by atomic mass is 35.5. The summed E-state index contributed by atoms with van der Waals surface area (Å²) in [6.45, 7) is 5.25. The quantitative estimate of drug-likeness (QED) is 0.454. The van der Waals surface area contributed by atoms with E-state index < -0.39 is 12.2 Å². The molecule has 1 aliphatic rings. The lowest BCUT2D eigenvalue weighted by Gasteiger charge is -2.33. The van der Waals surface area contributed by atoms with Crippen molar-refractivity contribution in [3.05, 3.63) is 58.1 Å². The SMILES string of the molecule is Cc1cccc(OC[C@H](O)CNC2CCN(C[C@@H](O)COc3ccc(Cl)cc3Cl)CC2)c1. The summed E-state index contributed by atoms with van der Waals surface area (Å²) in [6, 6.07) is 13.2. The van der Waals surface area contributed by atoms with Gasteiger partial charge in [0, 0.05) is 24.2 Å². The lowest BCUT2D eigenvalue weighted by Crippen LogP contribution is -2.47. The number of benzene rings is 2. The molecule has 176 valence electrons. The molecule has 1 saturated heterocycles. The largest absolute Gasteiger partial charge is 0.491 e. The van der Waals surface area contributed by atoms with Gasteiger partial charge in [0.1, 0.15) is 36.9 Å². The van der Waals surface area contributed by atoms with E-state index in [1.807, 2.05) is 31.2 Å². The van der Waals surface area contributed by atoms with Crippen LogP contribution in [0, 0.1) is 6.92 Å². The first-order chi connectivity index (χ1) is 15.4. The van der Waals surface area contributed by atoms with Crippen LogP contribution in [-0.2, 0) is 0 Å². The predicted octanol–water partition coefficient (Wildman–Crippen LogP) is 3.54. The molecule has 0 amide bonds. The minimum Gasteiger partial charge on any atom is -0.491 e. The lowest BCUT2D eigenvalue weighted by molar-refractivity contribution is 0.0556. The molecule has 2 aromatic rings. The fourth-order valence-corrected chi connectivity index (χ4v) is 4.17. The highest BCUT2D eigenvalue weighted by molar-refractivity contribution is 6.35. The van der Waals surface area contributed by atoms with Crippen molar-refractivity contribution in [2.24, 2.45) is 0 Å². The monoisotopic (exact) mass is 482 g/mol. The number of piperidine rings is 1. The van der Waals surface area contributed by atoms with Gasteiger partial charge >= 0.3 is 0 Å². The first-order valence-electron chi connectivity index (χ1n) is 11.0. The third kappa shape index (κ3) is 8.43. The highest BCUT2D eigenvalue weighted by Gasteiger charge is 2.22. The van der Waals surface area contributed by atoms with Gasteiger partial charge in [0.2, 0.25) is 0 Å². The Bertz CT molecular complexity index is 846. The van der Waals surface area contributed by atoms with Crippen LogP contribution in [-0.4, -0.2) is 72.8 Å². The van der Waals surface area contributed by atoms with Gasteiger partial charge in [-0.3, -0.25) is 0 Å². The molecule has 2 aromatic carbocycles. The van der Waals surface area contributed by atoms with Gasteiger partial charge in [-0.05, 0) is 68.8 Å². The topological polar surface area (TPSA) is 74.2 Å². The molecule has 3 N–H and O–H groups in total. The molecule has 0 spiro atoms. The number of aliphatic hydroxyl groups is 2. The fraction of sp³-hybridized carbons (Fsp3) is 0.500. The number of likely N-dealkylation sites (tertiary alicyclic amines) is 1. The van der Waals surface area contributed by atoms with Crippen LogP contribution in [0.5, 0.6) is 11.5 Å². The molecule has 1 heterocycles. The van der Waals surface area contributed by atoms with Crippen LogP contribution in [0.25, 0.3) is 0 Å². The van der Waals surface area contributed by atoms with E-state index in [0.29, 0.717) is 34.9 Å². The summed E-state index contributed by atoms with van der Waals surface area (Å²) in [4.78, 5) is 2.23. The van der Waals surface area contributed by atoms with Crippen molar-refractivity contribution in [3.8, 4) is 11.5 Å². The maximum atomic E-state index is 10.3. The molecule has 0 aromatic heterocycles. The lowest BCUT2D eigenvalue weighted by atomic mass is 10.0. The maximum Gasteiger partial charge on any atom is 0.138 e. The first-order valence-corrected chi connectivity index (χ1v) is 11.7. The normalized spacial score (nSPS) is 17.2. The Hall–Kier alpha value is -1.54. The molecule has 6 nitrogen and oxygen atoms in total. The number of nitrogens with zero attached hydrogens (tertiary/aromatic N) is 1. The smallest absolute Gasteiger partial charge is 0.138 e. The molecule has 0 unspecified atom stereocenters. The number of rotatable bonds is 11. The molecule has 2 atom stereocenters. The number of halogens is 2. The van der Waals surface area contributed by atoms with Gasteiger partial charge in [0.15, 0.2) is 0 Å². The summed E-state index contributed by atoms with van der Waals surface area (Å²) < 4.78 is 11.3. The molecule has 32 heavy (non-hydrogen) atoms. The van der Waals surface area contributed by atoms with Crippen molar-refractivity contribution in [2.75, 3.05) is 39.4 Å². The summed E-state index contributed by atoms with van der Waals surface area (Å²) in [5, 5.41) is 24.9. The Balaban J connectivity index is 1.29. The minimum absolute atomic E-state index is 0.173. The van der Waals surface area contributed by atoms with E-state index in [0.717, 1.165) is 37.2 Å². The summed E-state index contributed by atoms with van der Waals surface area (Å²) >= 11 is 12.0. The average molecular weight is 483 g/mol. The highest BCUT2D eigenvalue weighted by Crippen LogP contribution is 2.27. The molecule has 3 rings (SSSR count). The van der Waals surface area contributed by atoms with Gasteiger partial charge in [0.05, 0.1) is 5.02 Å². The van der Waals surface area contributed by atoms with Crippen LogP contribution in [0.1, 0.15) is 18.4 Å². The second kappa shape index (κ2) is 12.6. The van der Waals surface area contributed by atoms with Crippen molar-refractivity contribution < 1.29 is 19.7 Å². The Kier molecular flexibility index (Phi) is 9.91. The number of hydrogen-bond acceptors (Lipinski definition) is 6. The van der Waals surface area contributed by atoms with Crippen LogP contribution in [0.15, 0.2) is 42.5 Å². The van der Waals surface area contributed by atoms with Crippen molar-refractivity contribution >= 4 is 23.2 Å². The van der Waals surface area contributed by atoms with E-state index in [9.17, 15) is 10.2 Å². The second-order valence-corrected chi connectivity index (χ2v) is 9.15. The Labute approximate surface area is 200 Å². The summed E-state index contributed by atoms with van der Waals surface area (Å²) in [7, 11) is 0. The zero-order valence-corrected chi connectivity index (χ0v) is 19.9. The zero-order valence-electron chi connectivity index (χ0n) is 18.3. The minimum atomic E-state index is -0.605. The van der Waals surface area contributed by atoms with Crippen LogP contribution < -0.4 is 14.8 Å². The number of aryl methyl sites for hydroxylation is 1. The predicted molar refractivity (Wildman–Crippen MR) is 128 cm³/mol. The van der Waals surface area contributed by atoms with Gasteiger partial charge in [-0.15, -0.1) is 0 Å². The second-order valence-electron chi connectivity index (χ2n) is 8.30. The van der Waals surface area contributed by atoms with Gasteiger partial charge in [-0.25, -0.2) is 0 Å². The van der Waals surface area contributed by atoms with Gasteiger partial charge < -0.3 is 29.9 Å². The summed E-state index contributed by atoms with van der Waals surface area (Å²) in [5.74, 6) is 1.29. The van der Waals surface area contributed by atoms with Gasteiger partial charge in [0.25, 0.3) is 0 Å². The summed E-state index contributed by atoms with van der Waals surface area (Å²) in [5.41, 5.74) is 1.13. The van der Waals surface area contributed by atoms with Crippen LogP contribution >= 0.6 is 23.2 Å². The van der Waals surface area contributed by atoms with E-state index in [2.05, 4.69) is 10.2 Å². The Morgan fingerprint density at radius 2 is 1.78 bits per heavy atom. The molecule has 1 fully saturated rings. The summed E-state index contributed by atoms with van der Waals surface area (Å²) in [6.07, 6.45) is 0.753. The Morgan fingerprint density at radius 1 is 1.03 bits per heavy atom. The van der Waals surface area contributed by atoms with E-state index in [1.165, 1.54) is 0 Å². The molecule has 0 saturated carbocycles. The van der Waals surface area contributed by atoms with Crippen LogP contribution in [0.3, 0.4) is 0 Å². The molecule has 0 radical (unpaired) electrons. The van der Waals surface area contributed by atoms with Crippen molar-refractivity contribution in [2.45, 2.75) is 38.0 Å². The molecular weight excluding hydrogens is 451 g/mol. The van der Waals surface area contributed by atoms with Crippen LogP contribution in [0.4, 0.5) is 0 Å². The number of hydrogen-bond donors (Lipinski definition) is 3. The van der Waals surface area contributed by atoms with Crippen LogP contribution in [0.2, 0.25) is 10.0 Å². The Morgan fingerprint density at radius 3 is 2.50 bits per heavy atom. The zero-order chi connectivity index (χ0) is 22.9. The number of ether oxygens (including phenoxy) is 2.